The minimum atomic E-state index is -1.94. The van der Waals surface area contributed by atoms with Gasteiger partial charge in [0, 0.05) is 44.1 Å². The van der Waals surface area contributed by atoms with E-state index in [0.29, 0.717) is 48.6 Å². The van der Waals surface area contributed by atoms with E-state index >= 15 is 0 Å². The highest BCUT2D eigenvalue weighted by Crippen LogP contribution is 2.51. The molecule has 1 saturated heterocycles. The highest BCUT2D eigenvalue weighted by atomic mass is 28.4. The number of fused-ring (bicyclic) bond motifs is 1. The van der Waals surface area contributed by atoms with Gasteiger partial charge in [0.1, 0.15) is 11.6 Å². The summed E-state index contributed by atoms with van der Waals surface area (Å²) in [5, 5.41) is 3.10. The van der Waals surface area contributed by atoms with E-state index in [4.69, 9.17) is 9.16 Å². The average molecular weight is 570 g/mol. The van der Waals surface area contributed by atoms with E-state index < -0.39 is 25.7 Å². The molecule has 2 heterocycles. The lowest BCUT2D eigenvalue weighted by Gasteiger charge is -2.47. The van der Waals surface area contributed by atoms with Crippen LogP contribution in [0.2, 0.25) is 18.1 Å². The minimum Gasteiger partial charge on any atom is -0.496 e. The topological polar surface area (TPSA) is 71.1 Å². The Labute approximate surface area is 239 Å². The number of likely N-dealkylation sites (N-methyl/N-ethyl adjacent to an activating group) is 1. The summed E-state index contributed by atoms with van der Waals surface area (Å²) in [6.45, 7) is 12.2. The minimum absolute atomic E-state index is 0.0744. The number of amides is 2. The summed E-state index contributed by atoms with van der Waals surface area (Å²) in [5.74, 6) is -0.304. The number of ether oxygens (including phenoxy) is 1. The molecule has 0 aliphatic carbocycles. The van der Waals surface area contributed by atoms with Crippen molar-refractivity contribution in [3.63, 3.8) is 0 Å². The van der Waals surface area contributed by atoms with Gasteiger partial charge in [-0.2, -0.15) is 0 Å². The molecular weight excluding hydrogens is 525 g/mol. The van der Waals surface area contributed by atoms with Gasteiger partial charge in [-0.3, -0.25) is 14.5 Å². The van der Waals surface area contributed by atoms with Gasteiger partial charge in [-0.15, -0.1) is 0 Å². The van der Waals surface area contributed by atoms with Gasteiger partial charge in [-0.25, -0.2) is 4.39 Å². The second-order valence-corrected chi connectivity index (χ2v) is 17.5. The van der Waals surface area contributed by atoms with Gasteiger partial charge in [0.2, 0.25) is 5.91 Å². The number of anilines is 1. The lowest BCUT2D eigenvalue weighted by molar-refractivity contribution is -0.142. The first-order valence-electron chi connectivity index (χ1n) is 14.1. The van der Waals surface area contributed by atoms with Crippen LogP contribution in [0.4, 0.5) is 10.1 Å². The van der Waals surface area contributed by atoms with Gasteiger partial charge in [0.15, 0.2) is 13.9 Å². The van der Waals surface area contributed by atoms with Crippen LogP contribution in [-0.4, -0.2) is 70.3 Å². The smallest absolute Gasteiger partial charge is 0.254 e. The van der Waals surface area contributed by atoms with Crippen molar-refractivity contribution in [3.05, 3.63) is 58.9 Å². The molecule has 0 radical (unpaired) electrons. The average Bonchev–Trinajstić information content (AvgIpc) is 3.18. The molecule has 218 valence electrons. The van der Waals surface area contributed by atoms with Crippen molar-refractivity contribution < 1.29 is 23.1 Å². The molecule has 7 nitrogen and oxygen atoms in total. The number of benzene rings is 2. The van der Waals surface area contributed by atoms with Crippen molar-refractivity contribution >= 4 is 25.8 Å². The molecule has 1 N–H and O–H groups in total. The molecule has 40 heavy (non-hydrogen) atoms. The fourth-order valence-corrected chi connectivity index (χ4v) is 6.73. The second kappa shape index (κ2) is 11.3. The summed E-state index contributed by atoms with van der Waals surface area (Å²) < 4.78 is 27.2. The molecule has 4 rings (SSSR count). The zero-order chi connectivity index (χ0) is 29.5. The summed E-state index contributed by atoms with van der Waals surface area (Å²) in [5.41, 5.74) is 1.21. The number of methoxy groups -OCH3 is 1. The van der Waals surface area contributed by atoms with E-state index in [1.165, 1.54) is 12.1 Å². The maximum Gasteiger partial charge on any atom is 0.254 e. The van der Waals surface area contributed by atoms with E-state index in [2.05, 4.69) is 39.2 Å². The first-order valence-corrected chi connectivity index (χ1v) is 17.1. The number of nitrogens with one attached hydrogen (secondary N) is 1. The highest BCUT2D eigenvalue weighted by molar-refractivity contribution is 6.74. The van der Waals surface area contributed by atoms with Crippen LogP contribution >= 0.6 is 0 Å². The third kappa shape index (κ3) is 5.31. The van der Waals surface area contributed by atoms with Crippen molar-refractivity contribution in [2.45, 2.75) is 76.2 Å². The van der Waals surface area contributed by atoms with Crippen molar-refractivity contribution in [2.24, 2.45) is 0 Å². The number of rotatable bonds is 8. The lowest BCUT2D eigenvalue weighted by atomic mass is 9.78. The maximum atomic E-state index is 14.9. The van der Waals surface area contributed by atoms with Crippen LogP contribution in [0.15, 0.2) is 36.4 Å². The molecule has 0 aromatic heterocycles. The van der Waals surface area contributed by atoms with Crippen LogP contribution in [0.3, 0.4) is 0 Å². The molecular formula is C31H44FN3O4Si. The van der Waals surface area contributed by atoms with E-state index in [-0.39, 0.29) is 16.9 Å². The first kappa shape index (κ1) is 30.2. The van der Waals surface area contributed by atoms with Gasteiger partial charge in [0.05, 0.1) is 13.2 Å². The standard InChI is InChI=1S/C31H44FN3O4Si/c1-30(2,3)40(7,8)39-18-16-21-12-15-27(38-6)24(19-21)31(23-20-22(32)13-14-25(23)33-29(31)37)35-17-10-9-11-26(35)28(36)34(4)5/h12-15,19-20,26H,9-11,16-18H2,1-8H3,(H,33,37)/t26-,31?/m0/s1. The van der Waals surface area contributed by atoms with E-state index in [9.17, 15) is 14.0 Å². The summed E-state index contributed by atoms with van der Waals surface area (Å²) in [6.07, 6.45) is 2.95. The number of hydrogen-bond acceptors (Lipinski definition) is 5. The molecule has 2 amide bonds. The number of carbonyl (C=O) groups excluding carboxylic acids is 2. The Morgan fingerprint density at radius 1 is 1.15 bits per heavy atom. The number of piperidine rings is 1. The molecule has 9 heteroatoms. The Morgan fingerprint density at radius 3 is 2.52 bits per heavy atom. The van der Waals surface area contributed by atoms with Crippen LogP contribution in [0.5, 0.6) is 5.75 Å². The second-order valence-electron chi connectivity index (χ2n) is 12.7. The number of halogens is 1. The quantitative estimate of drug-likeness (QED) is 0.423. The Hall–Kier alpha value is -2.75. The van der Waals surface area contributed by atoms with Crippen molar-refractivity contribution in [3.8, 4) is 5.75 Å². The first-order chi connectivity index (χ1) is 18.7. The van der Waals surface area contributed by atoms with Crippen molar-refractivity contribution in [1.82, 2.24) is 9.80 Å². The molecule has 0 bridgehead atoms. The van der Waals surface area contributed by atoms with Gasteiger partial charge in [-0.05, 0) is 73.3 Å². The Kier molecular flexibility index (Phi) is 8.50. The zero-order valence-electron chi connectivity index (χ0n) is 25.2. The number of hydrogen-bond donors (Lipinski definition) is 1. The number of carbonyl (C=O) groups is 2. The monoisotopic (exact) mass is 569 g/mol. The third-order valence-corrected chi connectivity index (χ3v) is 13.5. The van der Waals surface area contributed by atoms with Crippen LogP contribution in [0.1, 0.15) is 56.7 Å². The van der Waals surface area contributed by atoms with Crippen LogP contribution in [0, 0.1) is 5.82 Å². The zero-order valence-corrected chi connectivity index (χ0v) is 26.2. The Bertz CT molecular complexity index is 1280. The van der Waals surface area contributed by atoms with Gasteiger partial charge in [-0.1, -0.05) is 33.3 Å². The predicted octanol–water partition coefficient (Wildman–Crippen LogP) is 5.54. The summed E-state index contributed by atoms with van der Waals surface area (Å²) >= 11 is 0. The third-order valence-electron chi connectivity index (χ3n) is 8.92. The summed E-state index contributed by atoms with van der Waals surface area (Å²) in [6, 6.07) is 9.67. The van der Waals surface area contributed by atoms with Gasteiger partial charge < -0.3 is 19.4 Å². The largest absolute Gasteiger partial charge is 0.496 e. The fraction of sp³-hybridized carbons (Fsp3) is 0.548. The van der Waals surface area contributed by atoms with Crippen LogP contribution < -0.4 is 10.1 Å². The fourth-order valence-electron chi connectivity index (χ4n) is 5.69. The molecule has 2 aromatic carbocycles. The van der Waals surface area contributed by atoms with Crippen molar-refractivity contribution in [1.29, 1.82) is 0 Å². The summed E-state index contributed by atoms with van der Waals surface area (Å²) in [7, 11) is 3.10. The van der Waals surface area contributed by atoms with Crippen LogP contribution in [-0.2, 0) is 26.0 Å². The highest BCUT2D eigenvalue weighted by Gasteiger charge is 2.57. The molecule has 2 aromatic rings. The Morgan fingerprint density at radius 2 is 1.88 bits per heavy atom. The van der Waals surface area contributed by atoms with E-state index in [1.54, 1.807) is 32.2 Å². The SMILES string of the molecule is COc1ccc(CCO[Si](C)(C)C(C)(C)C)cc1C1(N2CCCC[C@H]2C(=O)N(C)C)C(=O)Nc2ccc(F)cc21. The van der Waals surface area contributed by atoms with E-state index in [0.717, 1.165) is 18.4 Å². The Balaban J connectivity index is 1.87. The van der Waals surface area contributed by atoms with Gasteiger partial charge >= 0.3 is 0 Å². The molecule has 1 unspecified atom stereocenters. The molecule has 2 atom stereocenters. The predicted molar refractivity (Wildman–Crippen MR) is 159 cm³/mol. The molecule has 0 saturated carbocycles. The molecule has 1 fully saturated rings. The number of likely N-dealkylation sites (tertiary alicyclic amines) is 1. The lowest BCUT2D eigenvalue weighted by Crippen LogP contribution is -2.61. The maximum absolute atomic E-state index is 14.9. The van der Waals surface area contributed by atoms with Crippen LogP contribution in [0.25, 0.3) is 0 Å². The molecule has 2 aliphatic heterocycles. The molecule has 2 aliphatic rings. The van der Waals surface area contributed by atoms with Crippen molar-refractivity contribution in [2.75, 3.05) is 39.7 Å². The van der Waals surface area contributed by atoms with E-state index in [1.807, 2.05) is 23.1 Å². The summed E-state index contributed by atoms with van der Waals surface area (Å²) in [4.78, 5) is 31.3. The normalized spacial score (nSPS) is 21.6. The van der Waals surface area contributed by atoms with Gasteiger partial charge in [0.25, 0.3) is 5.91 Å². The molecule has 0 spiro atoms. The number of nitrogens with zero attached hydrogens (tertiary/aromatic N) is 2.